The molecule has 0 aliphatic carbocycles. The molecule has 5 nitrogen and oxygen atoms in total. The molecule has 128 valence electrons. The van der Waals surface area contributed by atoms with E-state index in [9.17, 15) is 4.79 Å². The first-order valence-corrected chi connectivity index (χ1v) is 8.58. The van der Waals surface area contributed by atoms with Crippen LogP contribution in [0.5, 0.6) is 0 Å². The second kappa shape index (κ2) is 7.18. The third-order valence-corrected chi connectivity index (χ3v) is 4.18. The summed E-state index contributed by atoms with van der Waals surface area (Å²) in [5, 5.41) is 0. The standard InChI is InChI=1S/C17H32N2O3/c1-13-9-18(10-14(2)21-13)11-15-7-6-8-19(12-15)16(20)22-17(3,4)5/h13-15H,6-12H2,1-5H3/t13-,14+,15-/m0/s1. The lowest BCUT2D eigenvalue weighted by molar-refractivity contribution is -0.0738. The number of hydrogen-bond acceptors (Lipinski definition) is 4. The van der Waals surface area contributed by atoms with Gasteiger partial charge in [-0.25, -0.2) is 4.79 Å². The summed E-state index contributed by atoms with van der Waals surface area (Å²) in [5.74, 6) is 0.541. The fourth-order valence-electron chi connectivity index (χ4n) is 3.51. The second-order valence-electron chi connectivity index (χ2n) is 7.91. The Morgan fingerprint density at radius 3 is 2.41 bits per heavy atom. The largest absolute Gasteiger partial charge is 0.444 e. The third-order valence-electron chi connectivity index (χ3n) is 4.18. The molecular weight excluding hydrogens is 280 g/mol. The number of likely N-dealkylation sites (tertiary alicyclic amines) is 1. The summed E-state index contributed by atoms with van der Waals surface area (Å²) in [6, 6.07) is 0. The van der Waals surface area contributed by atoms with Crippen LogP contribution in [0.3, 0.4) is 0 Å². The van der Waals surface area contributed by atoms with E-state index in [2.05, 4.69) is 18.7 Å². The van der Waals surface area contributed by atoms with E-state index in [0.29, 0.717) is 18.1 Å². The lowest BCUT2D eigenvalue weighted by Gasteiger charge is -2.40. The maximum atomic E-state index is 12.2. The minimum absolute atomic E-state index is 0.166. The van der Waals surface area contributed by atoms with Gasteiger partial charge in [0.1, 0.15) is 5.60 Å². The lowest BCUT2D eigenvalue weighted by atomic mass is 9.97. The predicted octanol–water partition coefficient (Wildman–Crippen LogP) is 2.74. The number of ether oxygens (including phenoxy) is 2. The highest BCUT2D eigenvalue weighted by Crippen LogP contribution is 2.22. The molecule has 2 heterocycles. The highest BCUT2D eigenvalue weighted by atomic mass is 16.6. The summed E-state index contributed by atoms with van der Waals surface area (Å²) >= 11 is 0. The molecule has 0 radical (unpaired) electrons. The first kappa shape index (κ1) is 17.5. The SMILES string of the molecule is C[C@@H]1CN(C[C@@H]2CCCN(C(=O)OC(C)(C)C)C2)C[C@H](C)O1. The molecule has 0 spiro atoms. The van der Waals surface area contributed by atoms with Crippen LogP contribution >= 0.6 is 0 Å². The van der Waals surface area contributed by atoms with E-state index in [1.165, 1.54) is 6.42 Å². The molecule has 0 unspecified atom stereocenters. The Labute approximate surface area is 134 Å². The fraction of sp³-hybridized carbons (Fsp3) is 0.941. The summed E-state index contributed by atoms with van der Waals surface area (Å²) in [5.41, 5.74) is -0.418. The number of carbonyl (C=O) groups excluding carboxylic acids is 1. The van der Waals surface area contributed by atoms with E-state index in [4.69, 9.17) is 9.47 Å². The normalized spacial score (nSPS) is 31.1. The number of rotatable bonds is 2. The van der Waals surface area contributed by atoms with Crippen LogP contribution in [0.4, 0.5) is 4.79 Å². The molecule has 2 rings (SSSR count). The number of morpholine rings is 1. The van der Waals surface area contributed by atoms with E-state index >= 15 is 0 Å². The van der Waals surface area contributed by atoms with Crippen molar-refractivity contribution < 1.29 is 14.3 Å². The van der Waals surface area contributed by atoms with Crippen molar-refractivity contribution in [1.29, 1.82) is 0 Å². The Morgan fingerprint density at radius 2 is 1.82 bits per heavy atom. The number of nitrogens with zero attached hydrogens (tertiary/aromatic N) is 2. The smallest absolute Gasteiger partial charge is 0.410 e. The number of carbonyl (C=O) groups is 1. The number of amides is 1. The van der Waals surface area contributed by atoms with Gasteiger partial charge >= 0.3 is 6.09 Å². The minimum Gasteiger partial charge on any atom is -0.444 e. The van der Waals surface area contributed by atoms with Gasteiger partial charge in [0.25, 0.3) is 0 Å². The zero-order valence-corrected chi connectivity index (χ0v) is 14.8. The maximum absolute atomic E-state index is 12.2. The molecule has 2 aliphatic heterocycles. The van der Waals surface area contributed by atoms with Gasteiger partial charge in [-0.05, 0) is 53.4 Å². The van der Waals surface area contributed by atoms with Gasteiger partial charge in [-0.2, -0.15) is 0 Å². The van der Waals surface area contributed by atoms with E-state index in [-0.39, 0.29) is 6.09 Å². The quantitative estimate of drug-likeness (QED) is 0.786. The average Bonchev–Trinajstić information content (AvgIpc) is 2.35. The lowest BCUT2D eigenvalue weighted by Crippen LogP contribution is -2.50. The molecule has 2 saturated heterocycles. The molecule has 0 aromatic heterocycles. The van der Waals surface area contributed by atoms with Gasteiger partial charge in [0.05, 0.1) is 12.2 Å². The zero-order valence-electron chi connectivity index (χ0n) is 14.8. The van der Waals surface area contributed by atoms with Gasteiger partial charge in [0.2, 0.25) is 0 Å². The topological polar surface area (TPSA) is 42.0 Å². The van der Waals surface area contributed by atoms with Crippen LogP contribution in [-0.2, 0) is 9.47 Å². The van der Waals surface area contributed by atoms with Crippen LogP contribution in [0.1, 0.15) is 47.5 Å². The molecule has 3 atom stereocenters. The first-order valence-electron chi connectivity index (χ1n) is 8.58. The molecular formula is C17H32N2O3. The molecule has 0 bridgehead atoms. The van der Waals surface area contributed by atoms with Gasteiger partial charge in [0.15, 0.2) is 0 Å². The molecule has 0 aromatic carbocycles. The monoisotopic (exact) mass is 312 g/mol. The molecule has 2 fully saturated rings. The van der Waals surface area contributed by atoms with Gasteiger partial charge in [0, 0.05) is 32.7 Å². The Hall–Kier alpha value is -0.810. The minimum atomic E-state index is -0.418. The van der Waals surface area contributed by atoms with E-state index in [0.717, 1.165) is 39.1 Å². The van der Waals surface area contributed by atoms with Crippen LogP contribution in [0.15, 0.2) is 0 Å². The zero-order chi connectivity index (χ0) is 16.3. The number of hydrogen-bond donors (Lipinski definition) is 0. The highest BCUT2D eigenvalue weighted by molar-refractivity contribution is 5.68. The van der Waals surface area contributed by atoms with E-state index < -0.39 is 5.60 Å². The Bertz CT molecular complexity index is 371. The van der Waals surface area contributed by atoms with Gasteiger partial charge in [-0.15, -0.1) is 0 Å². The van der Waals surface area contributed by atoms with Crippen LogP contribution < -0.4 is 0 Å². The number of piperidine rings is 1. The Balaban J connectivity index is 1.84. The van der Waals surface area contributed by atoms with E-state index in [1.54, 1.807) is 0 Å². The molecule has 0 N–H and O–H groups in total. The summed E-state index contributed by atoms with van der Waals surface area (Å²) < 4.78 is 11.3. The van der Waals surface area contributed by atoms with Crippen molar-refractivity contribution >= 4 is 6.09 Å². The third kappa shape index (κ3) is 5.43. The summed E-state index contributed by atoms with van der Waals surface area (Å²) in [6.07, 6.45) is 2.70. The van der Waals surface area contributed by atoms with Crippen molar-refractivity contribution in [2.24, 2.45) is 5.92 Å². The van der Waals surface area contributed by atoms with Crippen molar-refractivity contribution in [3.63, 3.8) is 0 Å². The average molecular weight is 312 g/mol. The van der Waals surface area contributed by atoms with Crippen LogP contribution in [0.2, 0.25) is 0 Å². The molecule has 5 heteroatoms. The van der Waals surface area contributed by atoms with Gasteiger partial charge in [-0.3, -0.25) is 4.90 Å². The van der Waals surface area contributed by atoms with Crippen molar-refractivity contribution in [1.82, 2.24) is 9.80 Å². The molecule has 0 aromatic rings. The Kier molecular flexibility index (Phi) is 5.72. The molecule has 1 amide bonds. The van der Waals surface area contributed by atoms with Gasteiger partial charge < -0.3 is 14.4 Å². The second-order valence-corrected chi connectivity index (χ2v) is 7.91. The predicted molar refractivity (Wildman–Crippen MR) is 87.0 cm³/mol. The van der Waals surface area contributed by atoms with Crippen molar-refractivity contribution in [2.75, 3.05) is 32.7 Å². The maximum Gasteiger partial charge on any atom is 0.410 e. The highest BCUT2D eigenvalue weighted by Gasteiger charge is 2.30. The fourth-order valence-corrected chi connectivity index (χ4v) is 3.51. The van der Waals surface area contributed by atoms with Crippen LogP contribution in [0, 0.1) is 5.92 Å². The first-order chi connectivity index (χ1) is 10.2. The summed E-state index contributed by atoms with van der Waals surface area (Å²) in [6.45, 7) is 14.7. The summed E-state index contributed by atoms with van der Waals surface area (Å²) in [4.78, 5) is 16.6. The molecule has 2 aliphatic rings. The Morgan fingerprint density at radius 1 is 1.18 bits per heavy atom. The van der Waals surface area contributed by atoms with Crippen molar-refractivity contribution in [3.05, 3.63) is 0 Å². The van der Waals surface area contributed by atoms with Crippen molar-refractivity contribution in [2.45, 2.75) is 65.3 Å². The van der Waals surface area contributed by atoms with Crippen molar-refractivity contribution in [3.8, 4) is 0 Å². The molecule has 22 heavy (non-hydrogen) atoms. The molecule has 0 saturated carbocycles. The van der Waals surface area contributed by atoms with Crippen LogP contribution in [-0.4, -0.2) is 66.4 Å². The van der Waals surface area contributed by atoms with E-state index in [1.807, 2.05) is 25.7 Å². The van der Waals surface area contributed by atoms with Gasteiger partial charge in [-0.1, -0.05) is 0 Å². The van der Waals surface area contributed by atoms with Crippen LogP contribution in [0.25, 0.3) is 0 Å². The summed E-state index contributed by atoms with van der Waals surface area (Å²) in [7, 11) is 0.